The molecule has 0 aliphatic carbocycles. The summed E-state index contributed by atoms with van der Waals surface area (Å²) >= 11 is 0. The van der Waals surface area contributed by atoms with E-state index in [1.807, 2.05) is 115 Å². The fourth-order valence-electron chi connectivity index (χ4n) is 10.8. The van der Waals surface area contributed by atoms with Crippen LogP contribution >= 0.6 is 0 Å². The summed E-state index contributed by atoms with van der Waals surface area (Å²) in [7, 11) is 0. The minimum Gasteiger partial charge on any atom is -0.438 e. The highest BCUT2D eigenvalue weighted by molar-refractivity contribution is 6.40. The lowest BCUT2D eigenvalue weighted by atomic mass is 10.0. The second kappa shape index (κ2) is 14.9. The van der Waals surface area contributed by atoms with Gasteiger partial charge in [-0.2, -0.15) is 20.8 Å². The molecule has 0 fully saturated rings. The number of aromatic nitrogens is 5. The lowest BCUT2D eigenvalue weighted by molar-refractivity contribution is 0.653. The number of rotatable bonds is 5. The normalized spacial score (nSPS) is 11.7. The Morgan fingerprint density at radius 3 is 1.43 bits per heavy atom. The molecular weight excluding hydrogens is 861 g/mol. The maximum Gasteiger partial charge on any atom is 0.231 e. The predicted molar refractivity (Wildman–Crippen MR) is 277 cm³/mol. The van der Waals surface area contributed by atoms with E-state index in [9.17, 15) is 15.8 Å². The Labute approximate surface area is 398 Å². The molecule has 0 amide bonds. The summed E-state index contributed by atoms with van der Waals surface area (Å²) in [5.74, 6) is 0.523. The van der Waals surface area contributed by atoms with Gasteiger partial charge < -0.3 is 18.1 Å². The molecule has 9 aromatic carbocycles. The summed E-state index contributed by atoms with van der Waals surface area (Å²) in [4.78, 5) is 10.1. The van der Waals surface area contributed by atoms with Gasteiger partial charge in [0.25, 0.3) is 0 Å². The number of para-hydroxylation sites is 4. The molecule has 322 valence electrons. The molecule has 14 rings (SSSR count). The first-order valence-electron chi connectivity index (χ1n) is 22.8. The van der Waals surface area contributed by atoms with E-state index in [-0.39, 0.29) is 0 Å². The highest BCUT2D eigenvalue weighted by Crippen LogP contribution is 2.50. The number of furan rings is 1. The van der Waals surface area contributed by atoms with Gasteiger partial charge in [-0.15, -0.1) is 0 Å². The van der Waals surface area contributed by atoms with Crippen LogP contribution in [0.3, 0.4) is 0 Å². The maximum absolute atomic E-state index is 11.4. The van der Waals surface area contributed by atoms with Crippen molar-refractivity contribution >= 4 is 87.5 Å². The molecule has 0 aliphatic rings. The van der Waals surface area contributed by atoms with Crippen molar-refractivity contribution in [3.05, 3.63) is 211 Å². The number of nitriles is 3. The van der Waals surface area contributed by atoms with Crippen LogP contribution in [0.5, 0.6) is 0 Å². The summed E-state index contributed by atoms with van der Waals surface area (Å²) in [6.07, 6.45) is 0. The lowest BCUT2D eigenvalue weighted by Gasteiger charge is -2.15. The molecular formula is C61H32N8O. The zero-order valence-electron chi connectivity index (χ0n) is 37.0. The number of nitrogens with zero attached hydrogens (tertiary/aromatic N) is 8. The third-order valence-corrected chi connectivity index (χ3v) is 13.7. The van der Waals surface area contributed by atoms with Crippen LogP contribution in [0.2, 0.25) is 0 Å². The third kappa shape index (κ3) is 5.44. The van der Waals surface area contributed by atoms with Crippen LogP contribution in [-0.4, -0.2) is 23.7 Å². The first-order valence-corrected chi connectivity index (χ1v) is 22.8. The van der Waals surface area contributed by atoms with Gasteiger partial charge in [0.05, 0.1) is 78.7 Å². The first-order chi connectivity index (χ1) is 34.6. The van der Waals surface area contributed by atoms with E-state index in [4.69, 9.17) is 14.4 Å². The quantitative estimate of drug-likeness (QED) is 0.169. The molecule has 0 unspecified atom stereocenters. The fraction of sp³-hybridized carbons (Fsp3) is 0. The highest BCUT2D eigenvalue weighted by atomic mass is 16.3. The largest absolute Gasteiger partial charge is 0.438 e. The Balaban J connectivity index is 1.16. The van der Waals surface area contributed by atoms with Gasteiger partial charge in [0, 0.05) is 60.2 Å². The lowest BCUT2D eigenvalue weighted by Crippen LogP contribution is -2.01. The second-order valence-corrected chi connectivity index (χ2v) is 17.4. The third-order valence-electron chi connectivity index (χ3n) is 13.7. The van der Waals surface area contributed by atoms with E-state index < -0.39 is 0 Å². The molecule has 5 heterocycles. The molecule has 0 saturated carbocycles. The molecule has 14 aromatic rings. The van der Waals surface area contributed by atoms with Crippen molar-refractivity contribution < 1.29 is 4.42 Å². The van der Waals surface area contributed by atoms with Crippen LogP contribution in [0, 0.1) is 34.0 Å². The predicted octanol–water partition coefficient (Wildman–Crippen LogP) is 14.6. The van der Waals surface area contributed by atoms with Crippen molar-refractivity contribution in [1.82, 2.24) is 23.7 Å². The molecule has 70 heavy (non-hydrogen) atoms. The summed E-state index contributed by atoms with van der Waals surface area (Å²) in [5.41, 5.74) is 13.4. The zero-order chi connectivity index (χ0) is 46.6. The first kappa shape index (κ1) is 38.9. The average Bonchev–Trinajstić information content (AvgIpc) is 4.17. The molecule has 0 aliphatic heterocycles. The molecule has 0 radical (unpaired) electrons. The molecule has 0 saturated heterocycles. The van der Waals surface area contributed by atoms with Crippen LogP contribution in [0.25, 0.3) is 127 Å². The zero-order valence-corrected chi connectivity index (χ0v) is 37.0. The SMILES string of the molecule is N#Cc1ccc(-n2c3ccccc3c3c2c2c4ccccc4n(-c4ccc(-c5nc(-c6ccccc6)nc6oc7ccccc7c56)cc4C#N)c2c2c4ccccc4n(-c4ccc(C#N)cc4)c32)cc1. The van der Waals surface area contributed by atoms with Crippen LogP contribution < -0.4 is 0 Å². The Morgan fingerprint density at radius 2 is 0.886 bits per heavy atom. The second-order valence-electron chi connectivity index (χ2n) is 17.4. The average molecular weight is 893 g/mol. The number of hydrogen-bond donors (Lipinski definition) is 0. The Hall–Kier alpha value is -10.3. The van der Waals surface area contributed by atoms with Crippen molar-refractivity contribution in [2.24, 2.45) is 0 Å². The molecule has 5 aromatic heterocycles. The van der Waals surface area contributed by atoms with E-state index >= 15 is 0 Å². The molecule has 9 heteroatoms. The van der Waals surface area contributed by atoms with Gasteiger partial charge >= 0.3 is 0 Å². The van der Waals surface area contributed by atoms with Gasteiger partial charge in [-0.1, -0.05) is 109 Å². The molecule has 0 bridgehead atoms. The van der Waals surface area contributed by atoms with Gasteiger partial charge in [-0.3, -0.25) is 0 Å². The van der Waals surface area contributed by atoms with Crippen LogP contribution in [0.1, 0.15) is 16.7 Å². The summed E-state index contributed by atoms with van der Waals surface area (Å²) in [6.45, 7) is 0. The minimum atomic E-state index is 0.456. The smallest absolute Gasteiger partial charge is 0.231 e. The van der Waals surface area contributed by atoms with Crippen molar-refractivity contribution in [1.29, 1.82) is 15.8 Å². The minimum absolute atomic E-state index is 0.456. The molecule has 0 spiro atoms. The number of hydrogen-bond acceptors (Lipinski definition) is 6. The van der Waals surface area contributed by atoms with Crippen LogP contribution in [0.4, 0.5) is 0 Å². The Kier molecular flexibility index (Phi) is 8.27. The van der Waals surface area contributed by atoms with E-state index in [1.165, 1.54) is 0 Å². The molecule has 0 N–H and O–H groups in total. The van der Waals surface area contributed by atoms with Crippen molar-refractivity contribution in [3.63, 3.8) is 0 Å². The van der Waals surface area contributed by atoms with E-state index in [2.05, 4.69) is 111 Å². The monoisotopic (exact) mass is 892 g/mol. The highest BCUT2D eigenvalue weighted by Gasteiger charge is 2.30. The van der Waals surface area contributed by atoms with Crippen LogP contribution in [-0.2, 0) is 0 Å². The van der Waals surface area contributed by atoms with Crippen molar-refractivity contribution in [2.75, 3.05) is 0 Å². The van der Waals surface area contributed by atoms with Crippen molar-refractivity contribution in [2.45, 2.75) is 0 Å². The fourth-order valence-corrected chi connectivity index (χ4v) is 10.8. The van der Waals surface area contributed by atoms with Crippen molar-refractivity contribution in [3.8, 4) is 57.9 Å². The van der Waals surface area contributed by atoms with E-state index in [1.54, 1.807) is 0 Å². The summed E-state index contributed by atoms with van der Waals surface area (Å²) < 4.78 is 13.3. The Bertz CT molecular complexity index is 4580. The maximum atomic E-state index is 11.4. The van der Waals surface area contributed by atoms with Crippen LogP contribution in [0.15, 0.2) is 199 Å². The summed E-state index contributed by atoms with van der Waals surface area (Å²) in [6, 6.07) is 71.9. The van der Waals surface area contributed by atoms with E-state index in [0.717, 1.165) is 98.7 Å². The van der Waals surface area contributed by atoms with Gasteiger partial charge in [0.15, 0.2) is 5.82 Å². The topological polar surface area (TPSA) is 125 Å². The standard InChI is InChI=1S/C61H32N8O/c62-33-36-22-27-41(28-23-36)67-48-18-8-4-14-43(48)53-57-54(44-15-5-9-19-49(44)68(57)42-29-24-37(34-63)25-30-42)59-55(58(53)67)45-16-6-10-20-50(45)69(59)47-31-26-39(32-40(47)35-64)56-52-46-17-7-11-21-51(46)70-61(52)66-60(65-56)38-12-2-1-3-13-38/h1-32H. The summed E-state index contributed by atoms with van der Waals surface area (Å²) in [5, 5.41) is 39.0. The van der Waals surface area contributed by atoms with E-state index in [0.29, 0.717) is 45.2 Å². The number of fused-ring (bicyclic) bond motifs is 15. The number of benzene rings is 9. The van der Waals surface area contributed by atoms with Gasteiger partial charge in [-0.25, -0.2) is 4.98 Å². The molecule has 9 nitrogen and oxygen atoms in total. The van der Waals surface area contributed by atoms with Gasteiger partial charge in [-0.05, 0) is 84.9 Å². The van der Waals surface area contributed by atoms with Gasteiger partial charge in [0.1, 0.15) is 11.7 Å². The molecule has 0 atom stereocenters. The van der Waals surface area contributed by atoms with Gasteiger partial charge in [0.2, 0.25) is 5.71 Å². The Morgan fingerprint density at radius 1 is 0.400 bits per heavy atom.